The van der Waals surface area contributed by atoms with Crippen LogP contribution >= 0.6 is 23.4 Å². The first-order chi connectivity index (χ1) is 7.74. The minimum atomic E-state index is 0.534. The number of nitrogens with zero attached hydrogens (tertiary/aromatic N) is 2. The molecule has 3 nitrogen and oxygen atoms in total. The van der Waals surface area contributed by atoms with Gasteiger partial charge in [0.05, 0.1) is 0 Å². The summed E-state index contributed by atoms with van der Waals surface area (Å²) in [5.41, 5.74) is 0.930. The van der Waals surface area contributed by atoms with Crippen LogP contribution in [0.4, 0.5) is 0 Å². The molecule has 1 aromatic heterocycles. The molecule has 2 rings (SSSR count). The zero-order valence-electron chi connectivity index (χ0n) is 9.37. The van der Waals surface area contributed by atoms with Crippen molar-refractivity contribution in [2.24, 2.45) is 0 Å². The number of hydrogen-bond acceptors (Lipinski definition) is 4. The van der Waals surface area contributed by atoms with Crippen LogP contribution < -0.4 is 5.32 Å². The SMILES string of the molecule is Cc1cc(Cl)nc(SC[C@H]2CCCCN2)n1. The van der Waals surface area contributed by atoms with Gasteiger partial charge in [-0.25, -0.2) is 9.97 Å². The number of hydrogen-bond donors (Lipinski definition) is 1. The minimum Gasteiger partial charge on any atom is -0.313 e. The Bertz CT molecular complexity index is 333. The second-order valence-electron chi connectivity index (χ2n) is 4.07. The number of aryl methyl sites for hydroxylation is 1. The number of rotatable bonds is 3. The molecule has 1 fully saturated rings. The Labute approximate surface area is 105 Å². The Morgan fingerprint density at radius 2 is 2.38 bits per heavy atom. The highest BCUT2D eigenvalue weighted by atomic mass is 35.5. The Morgan fingerprint density at radius 1 is 1.50 bits per heavy atom. The van der Waals surface area contributed by atoms with Crippen molar-refractivity contribution >= 4 is 23.4 Å². The van der Waals surface area contributed by atoms with E-state index in [2.05, 4.69) is 15.3 Å². The van der Waals surface area contributed by atoms with E-state index >= 15 is 0 Å². The molecule has 0 aliphatic carbocycles. The fraction of sp³-hybridized carbons (Fsp3) is 0.636. The molecule has 1 saturated heterocycles. The van der Waals surface area contributed by atoms with E-state index in [-0.39, 0.29) is 0 Å². The Kier molecular flexibility index (Phi) is 4.44. The lowest BCUT2D eigenvalue weighted by molar-refractivity contribution is 0.429. The third-order valence-corrected chi connectivity index (χ3v) is 3.83. The third-order valence-electron chi connectivity index (χ3n) is 2.63. The molecule has 1 aliphatic heterocycles. The predicted molar refractivity (Wildman–Crippen MR) is 68.1 cm³/mol. The van der Waals surface area contributed by atoms with E-state index in [1.54, 1.807) is 17.8 Å². The molecule has 1 N–H and O–H groups in total. The number of piperidine rings is 1. The maximum atomic E-state index is 5.89. The highest BCUT2D eigenvalue weighted by Gasteiger charge is 2.13. The molecule has 0 bridgehead atoms. The maximum Gasteiger partial charge on any atom is 0.189 e. The lowest BCUT2D eigenvalue weighted by Crippen LogP contribution is -2.35. The molecular weight excluding hydrogens is 242 g/mol. The summed E-state index contributed by atoms with van der Waals surface area (Å²) in [6.07, 6.45) is 3.88. The zero-order chi connectivity index (χ0) is 11.4. The van der Waals surface area contributed by atoms with Crippen LogP contribution in [-0.2, 0) is 0 Å². The average Bonchev–Trinajstić information content (AvgIpc) is 2.27. The van der Waals surface area contributed by atoms with Crippen LogP contribution in [0.3, 0.4) is 0 Å². The lowest BCUT2D eigenvalue weighted by atomic mass is 10.1. The fourth-order valence-electron chi connectivity index (χ4n) is 1.81. The molecule has 0 spiro atoms. The Hall–Kier alpha value is -0.320. The molecule has 0 amide bonds. The van der Waals surface area contributed by atoms with Gasteiger partial charge in [-0.05, 0) is 32.4 Å². The van der Waals surface area contributed by atoms with Gasteiger partial charge in [-0.2, -0.15) is 0 Å². The van der Waals surface area contributed by atoms with Crippen molar-refractivity contribution in [2.75, 3.05) is 12.3 Å². The molecule has 1 aromatic rings. The van der Waals surface area contributed by atoms with E-state index in [9.17, 15) is 0 Å². The van der Waals surface area contributed by atoms with Crippen LogP contribution in [0.5, 0.6) is 0 Å². The van der Waals surface area contributed by atoms with Gasteiger partial charge in [0.1, 0.15) is 5.15 Å². The molecule has 0 saturated carbocycles. The molecule has 1 atom stereocenters. The van der Waals surface area contributed by atoms with E-state index in [0.29, 0.717) is 11.2 Å². The summed E-state index contributed by atoms with van der Waals surface area (Å²) in [6.45, 7) is 3.08. The van der Waals surface area contributed by atoms with Gasteiger partial charge in [0, 0.05) is 17.5 Å². The first-order valence-electron chi connectivity index (χ1n) is 5.61. The third kappa shape index (κ3) is 3.61. The molecule has 0 radical (unpaired) electrons. The van der Waals surface area contributed by atoms with Crippen molar-refractivity contribution in [1.29, 1.82) is 0 Å². The molecule has 16 heavy (non-hydrogen) atoms. The van der Waals surface area contributed by atoms with Gasteiger partial charge in [-0.15, -0.1) is 0 Å². The Morgan fingerprint density at radius 3 is 3.06 bits per heavy atom. The van der Waals surface area contributed by atoms with Crippen molar-refractivity contribution in [3.63, 3.8) is 0 Å². The minimum absolute atomic E-state index is 0.534. The highest BCUT2D eigenvalue weighted by molar-refractivity contribution is 7.99. The normalized spacial score (nSPS) is 21.0. The summed E-state index contributed by atoms with van der Waals surface area (Å²) in [5, 5.41) is 4.83. The molecule has 0 aromatic carbocycles. The van der Waals surface area contributed by atoms with Gasteiger partial charge in [-0.1, -0.05) is 29.8 Å². The summed E-state index contributed by atoms with van der Waals surface area (Å²) in [6, 6.07) is 2.38. The number of aromatic nitrogens is 2. The van der Waals surface area contributed by atoms with Crippen molar-refractivity contribution in [3.8, 4) is 0 Å². The summed E-state index contributed by atoms with van der Waals surface area (Å²) >= 11 is 7.58. The predicted octanol–water partition coefficient (Wildman–Crippen LogP) is 2.67. The molecule has 5 heteroatoms. The van der Waals surface area contributed by atoms with Crippen LogP contribution in [0.2, 0.25) is 5.15 Å². The summed E-state index contributed by atoms with van der Waals surface area (Å²) in [4.78, 5) is 8.57. The van der Waals surface area contributed by atoms with Crippen LogP contribution in [0, 0.1) is 6.92 Å². The van der Waals surface area contributed by atoms with Crippen molar-refractivity contribution in [2.45, 2.75) is 37.4 Å². The number of nitrogens with one attached hydrogen (secondary N) is 1. The van der Waals surface area contributed by atoms with Crippen LogP contribution in [0.25, 0.3) is 0 Å². The summed E-state index contributed by atoms with van der Waals surface area (Å²) in [5.74, 6) is 1.03. The second-order valence-corrected chi connectivity index (χ2v) is 5.45. The first-order valence-corrected chi connectivity index (χ1v) is 6.98. The zero-order valence-corrected chi connectivity index (χ0v) is 10.9. The van der Waals surface area contributed by atoms with E-state index in [4.69, 9.17) is 11.6 Å². The van der Waals surface area contributed by atoms with E-state index < -0.39 is 0 Å². The van der Waals surface area contributed by atoms with Gasteiger partial charge in [0.2, 0.25) is 0 Å². The number of halogens is 1. The first kappa shape index (κ1) is 12.1. The maximum absolute atomic E-state index is 5.89. The van der Waals surface area contributed by atoms with Crippen molar-refractivity contribution in [3.05, 3.63) is 16.9 Å². The average molecular weight is 258 g/mol. The van der Waals surface area contributed by atoms with Gasteiger partial charge in [0.25, 0.3) is 0 Å². The fourth-order valence-corrected chi connectivity index (χ4v) is 3.10. The molecule has 88 valence electrons. The summed E-state index contributed by atoms with van der Waals surface area (Å²) in [7, 11) is 0. The Balaban J connectivity index is 1.88. The van der Waals surface area contributed by atoms with Crippen molar-refractivity contribution < 1.29 is 0 Å². The van der Waals surface area contributed by atoms with E-state index in [1.807, 2.05) is 6.92 Å². The molecule has 1 aliphatic rings. The monoisotopic (exact) mass is 257 g/mol. The molecular formula is C11H16ClN3S. The lowest BCUT2D eigenvalue weighted by Gasteiger charge is -2.22. The van der Waals surface area contributed by atoms with Crippen LogP contribution in [-0.4, -0.2) is 28.3 Å². The van der Waals surface area contributed by atoms with E-state index in [0.717, 1.165) is 23.1 Å². The topological polar surface area (TPSA) is 37.8 Å². The van der Waals surface area contributed by atoms with Gasteiger partial charge < -0.3 is 5.32 Å². The molecule has 0 unspecified atom stereocenters. The van der Waals surface area contributed by atoms with E-state index in [1.165, 1.54) is 19.3 Å². The van der Waals surface area contributed by atoms with Gasteiger partial charge in [0.15, 0.2) is 5.16 Å². The van der Waals surface area contributed by atoms with Crippen LogP contribution in [0.15, 0.2) is 11.2 Å². The summed E-state index contributed by atoms with van der Waals surface area (Å²) < 4.78 is 0. The smallest absolute Gasteiger partial charge is 0.189 e. The second kappa shape index (κ2) is 5.84. The molecule has 2 heterocycles. The van der Waals surface area contributed by atoms with Crippen LogP contribution in [0.1, 0.15) is 25.0 Å². The number of thioether (sulfide) groups is 1. The largest absolute Gasteiger partial charge is 0.313 e. The highest BCUT2D eigenvalue weighted by Crippen LogP contribution is 2.20. The van der Waals surface area contributed by atoms with Gasteiger partial charge >= 0.3 is 0 Å². The standard InChI is InChI=1S/C11H16ClN3S/c1-8-6-10(12)15-11(14-8)16-7-9-4-2-3-5-13-9/h6,9,13H,2-5,7H2,1H3/t9-/m1/s1. The van der Waals surface area contributed by atoms with Crippen molar-refractivity contribution in [1.82, 2.24) is 15.3 Å². The van der Waals surface area contributed by atoms with Gasteiger partial charge in [-0.3, -0.25) is 0 Å². The quantitative estimate of drug-likeness (QED) is 0.513.